The first kappa shape index (κ1) is 15.2. The van der Waals surface area contributed by atoms with Crippen molar-refractivity contribution in [2.75, 3.05) is 19.6 Å². The molecule has 0 amide bonds. The van der Waals surface area contributed by atoms with Crippen LogP contribution < -0.4 is 10.6 Å². The maximum Gasteiger partial charge on any atom is 0.0625 e. The minimum Gasteiger partial charge on any atom is -0.315 e. The monoisotopic (exact) mass is 252 g/mol. The zero-order valence-corrected chi connectivity index (χ0v) is 12.3. The number of aryl methyl sites for hydroxylation is 2. The second kappa shape index (κ2) is 8.27. The van der Waals surface area contributed by atoms with Crippen LogP contribution in [0.1, 0.15) is 39.1 Å². The fourth-order valence-corrected chi connectivity index (χ4v) is 1.89. The number of nitrogens with one attached hydrogen (secondary N) is 2. The average Bonchev–Trinajstić information content (AvgIpc) is 2.75. The molecular formula is C14H28N4. The van der Waals surface area contributed by atoms with E-state index in [1.165, 1.54) is 11.4 Å². The minimum absolute atomic E-state index is 0.721. The Kier molecular flexibility index (Phi) is 6.98. The van der Waals surface area contributed by atoms with Crippen LogP contribution in [0, 0.1) is 5.92 Å². The van der Waals surface area contributed by atoms with Gasteiger partial charge in [0.1, 0.15) is 0 Å². The fraction of sp³-hybridized carbons (Fsp3) is 0.786. The molecule has 1 rings (SSSR count). The van der Waals surface area contributed by atoms with Gasteiger partial charge in [-0.2, -0.15) is 5.10 Å². The largest absolute Gasteiger partial charge is 0.315 e. The highest BCUT2D eigenvalue weighted by molar-refractivity contribution is 5.10. The molecule has 0 spiro atoms. The van der Waals surface area contributed by atoms with Crippen molar-refractivity contribution in [2.45, 2.75) is 47.2 Å². The lowest BCUT2D eigenvalue weighted by atomic mass is 10.2. The maximum absolute atomic E-state index is 4.55. The first-order valence-electron chi connectivity index (χ1n) is 7.14. The van der Waals surface area contributed by atoms with Crippen molar-refractivity contribution in [1.82, 2.24) is 20.4 Å². The molecule has 4 nitrogen and oxygen atoms in total. The van der Waals surface area contributed by atoms with Gasteiger partial charge in [0.25, 0.3) is 0 Å². The van der Waals surface area contributed by atoms with Crippen molar-refractivity contribution >= 4 is 0 Å². The van der Waals surface area contributed by atoms with Gasteiger partial charge in [-0.1, -0.05) is 20.8 Å². The fourth-order valence-electron chi connectivity index (χ4n) is 1.89. The number of rotatable bonds is 9. The molecule has 18 heavy (non-hydrogen) atoms. The number of hydrogen-bond acceptors (Lipinski definition) is 3. The van der Waals surface area contributed by atoms with E-state index in [2.05, 4.69) is 54.2 Å². The van der Waals surface area contributed by atoms with E-state index in [1.54, 1.807) is 0 Å². The lowest BCUT2D eigenvalue weighted by Crippen LogP contribution is -2.29. The first-order chi connectivity index (χ1) is 8.67. The summed E-state index contributed by atoms with van der Waals surface area (Å²) in [5, 5.41) is 11.4. The summed E-state index contributed by atoms with van der Waals surface area (Å²) in [6.07, 6.45) is 1.01. The molecular weight excluding hydrogens is 224 g/mol. The summed E-state index contributed by atoms with van der Waals surface area (Å²) < 4.78 is 2.09. The Hall–Kier alpha value is -0.870. The third-order valence-electron chi connectivity index (χ3n) is 2.91. The molecule has 2 N–H and O–H groups in total. The topological polar surface area (TPSA) is 41.9 Å². The molecule has 1 aromatic rings. The van der Waals surface area contributed by atoms with Crippen molar-refractivity contribution in [3.63, 3.8) is 0 Å². The molecule has 0 aliphatic carbocycles. The number of hydrogen-bond donors (Lipinski definition) is 2. The van der Waals surface area contributed by atoms with Gasteiger partial charge in [0.2, 0.25) is 0 Å². The molecule has 0 aliphatic heterocycles. The van der Waals surface area contributed by atoms with Gasteiger partial charge in [-0.3, -0.25) is 4.68 Å². The first-order valence-corrected chi connectivity index (χ1v) is 7.14. The Balaban J connectivity index is 2.24. The number of nitrogens with zero attached hydrogens (tertiary/aromatic N) is 2. The summed E-state index contributed by atoms with van der Waals surface area (Å²) in [7, 11) is 0. The Labute approximate surface area is 111 Å². The van der Waals surface area contributed by atoms with Crippen molar-refractivity contribution in [2.24, 2.45) is 5.92 Å². The van der Waals surface area contributed by atoms with Crippen LogP contribution >= 0.6 is 0 Å². The van der Waals surface area contributed by atoms with Crippen molar-refractivity contribution in [3.8, 4) is 0 Å². The molecule has 0 unspecified atom stereocenters. The standard InChI is InChI=1S/C14H28N4/c1-5-13-9-14(18(6-2)17-13)11-16-8-7-15-10-12(3)4/h9,12,15-16H,5-8,10-11H2,1-4H3. The zero-order valence-electron chi connectivity index (χ0n) is 12.3. The van der Waals surface area contributed by atoms with E-state index < -0.39 is 0 Å². The smallest absolute Gasteiger partial charge is 0.0625 e. The van der Waals surface area contributed by atoms with Gasteiger partial charge < -0.3 is 10.6 Å². The molecule has 104 valence electrons. The normalized spacial score (nSPS) is 11.4. The average molecular weight is 252 g/mol. The second-order valence-electron chi connectivity index (χ2n) is 5.07. The van der Waals surface area contributed by atoms with Crippen molar-refractivity contribution < 1.29 is 0 Å². The second-order valence-corrected chi connectivity index (χ2v) is 5.07. The lowest BCUT2D eigenvalue weighted by molar-refractivity contribution is 0.525. The molecule has 0 aliphatic rings. The van der Waals surface area contributed by atoms with Crippen molar-refractivity contribution in [3.05, 3.63) is 17.5 Å². The van der Waals surface area contributed by atoms with Crippen LogP contribution in [0.5, 0.6) is 0 Å². The van der Waals surface area contributed by atoms with E-state index in [1.807, 2.05) is 0 Å². The highest BCUT2D eigenvalue weighted by Gasteiger charge is 2.04. The molecule has 1 aromatic heterocycles. The lowest BCUT2D eigenvalue weighted by Gasteiger charge is -2.09. The number of aromatic nitrogens is 2. The Bertz CT molecular complexity index is 331. The van der Waals surface area contributed by atoms with Gasteiger partial charge in [-0.25, -0.2) is 0 Å². The molecule has 0 bridgehead atoms. The van der Waals surface area contributed by atoms with Crippen LogP contribution in [-0.2, 0) is 19.5 Å². The van der Waals surface area contributed by atoms with Gasteiger partial charge in [0.05, 0.1) is 11.4 Å². The van der Waals surface area contributed by atoms with E-state index in [0.717, 1.165) is 45.1 Å². The van der Waals surface area contributed by atoms with E-state index >= 15 is 0 Å². The molecule has 0 saturated carbocycles. The van der Waals surface area contributed by atoms with E-state index in [-0.39, 0.29) is 0 Å². The molecule has 0 saturated heterocycles. The maximum atomic E-state index is 4.55. The van der Waals surface area contributed by atoms with E-state index in [9.17, 15) is 0 Å². The highest BCUT2D eigenvalue weighted by Crippen LogP contribution is 2.05. The Morgan fingerprint density at radius 2 is 1.94 bits per heavy atom. The Morgan fingerprint density at radius 3 is 2.56 bits per heavy atom. The van der Waals surface area contributed by atoms with Gasteiger partial charge in [0.15, 0.2) is 0 Å². The third-order valence-corrected chi connectivity index (χ3v) is 2.91. The summed E-state index contributed by atoms with van der Waals surface area (Å²) in [6, 6.07) is 2.21. The van der Waals surface area contributed by atoms with Gasteiger partial charge >= 0.3 is 0 Å². The van der Waals surface area contributed by atoms with E-state index in [0.29, 0.717) is 0 Å². The van der Waals surface area contributed by atoms with Crippen LogP contribution in [0.2, 0.25) is 0 Å². The van der Waals surface area contributed by atoms with Crippen LogP contribution in [0.25, 0.3) is 0 Å². The van der Waals surface area contributed by atoms with Gasteiger partial charge in [0, 0.05) is 26.2 Å². The zero-order chi connectivity index (χ0) is 13.4. The summed E-state index contributed by atoms with van der Waals surface area (Å²) in [4.78, 5) is 0. The summed E-state index contributed by atoms with van der Waals surface area (Å²) in [6.45, 7) is 13.7. The van der Waals surface area contributed by atoms with Crippen molar-refractivity contribution in [1.29, 1.82) is 0 Å². The summed E-state index contributed by atoms with van der Waals surface area (Å²) in [5.74, 6) is 0.721. The molecule has 1 heterocycles. The third kappa shape index (κ3) is 5.19. The van der Waals surface area contributed by atoms with Crippen LogP contribution in [0.3, 0.4) is 0 Å². The molecule has 0 aromatic carbocycles. The SMILES string of the molecule is CCc1cc(CNCCNCC(C)C)n(CC)n1. The molecule has 0 radical (unpaired) electrons. The predicted molar refractivity (Wildman–Crippen MR) is 76.7 cm³/mol. The van der Waals surface area contributed by atoms with Crippen LogP contribution in [0.15, 0.2) is 6.07 Å². The van der Waals surface area contributed by atoms with E-state index in [4.69, 9.17) is 0 Å². The van der Waals surface area contributed by atoms with Crippen LogP contribution in [-0.4, -0.2) is 29.4 Å². The quantitative estimate of drug-likeness (QED) is 0.659. The molecule has 4 heteroatoms. The molecule has 0 fully saturated rings. The minimum atomic E-state index is 0.721. The van der Waals surface area contributed by atoms with Crippen LogP contribution in [0.4, 0.5) is 0 Å². The van der Waals surface area contributed by atoms with Gasteiger partial charge in [-0.05, 0) is 31.9 Å². The predicted octanol–water partition coefficient (Wildman–Crippen LogP) is 1.80. The summed E-state index contributed by atoms with van der Waals surface area (Å²) >= 11 is 0. The Morgan fingerprint density at radius 1 is 1.22 bits per heavy atom. The highest BCUT2D eigenvalue weighted by atomic mass is 15.3. The summed E-state index contributed by atoms with van der Waals surface area (Å²) in [5.41, 5.74) is 2.48. The molecule has 0 atom stereocenters. The van der Waals surface area contributed by atoms with Gasteiger partial charge in [-0.15, -0.1) is 0 Å².